The fourth-order valence-corrected chi connectivity index (χ4v) is 4.10. The summed E-state index contributed by atoms with van der Waals surface area (Å²) in [5, 5.41) is 27.4. The van der Waals surface area contributed by atoms with Crippen LogP contribution in [0.15, 0.2) is 18.5 Å². The van der Waals surface area contributed by atoms with E-state index in [1.165, 1.54) is 0 Å². The number of aliphatic hydroxyl groups excluding tert-OH is 1. The molecular weight excluding hydrogens is 414 g/mol. The Morgan fingerprint density at radius 3 is 2.94 bits per heavy atom. The molecule has 5 rings (SSSR count). The Kier molecular flexibility index (Phi) is 5.65. The quantitative estimate of drug-likeness (QED) is 0.563. The molecule has 0 amide bonds. The van der Waals surface area contributed by atoms with Crippen LogP contribution in [0, 0.1) is 17.2 Å². The highest BCUT2D eigenvalue weighted by atomic mass is 16.6. The topological polar surface area (TPSA) is 132 Å². The lowest BCUT2D eigenvalue weighted by Crippen LogP contribution is -2.38. The van der Waals surface area contributed by atoms with Crippen LogP contribution in [-0.4, -0.2) is 68.6 Å². The van der Waals surface area contributed by atoms with Gasteiger partial charge in [0.25, 0.3) is 5.88 Å². The normalized spacial score (nSPS) is 21.3. The van der Waals surface area contributed by atoms with Crippen LogP contribution in [-0.2, 0) is 16.0 Å². The number of nitrogens with zero attached hydrogens (tertiary/aromatic N) is 6. The molecule has 0 aliphatic carbocycles. The minimum atomic E-state index is -0.0538. The first-order chi connectivity index (χ1) is 15.7. The summed E-state index contributed by atoms with van der Waals surface area (Å²) < 4.78 is 20.3. The average Bonchev–Trinajstić information content (AvgIpc) is 3.31. The Labute approximate surface area is 184 Å². The number of hydrogen-bond donors (Lipinski definition) is 2. The van der Waals surface area contributed by atoms with Crippen molar-refractivity contribution >= 4 is 22.7 Å². The van der Waals surface area contributed by atoms with Gasteiger partial charge in [-0.1, -0.05) is 6.92 Å². The maximum atomic E-state index is 9.72. The molecule has 0 saturated carbocycles. The molecule has 2 aliphatic rings. The van der Waals surface area contributed by atoms with Gasteiger partial charge in [-0.3, -0.25) is 4.68 Å². The summed E-state index contributed by atoms with van der Waals surface area (Å²) in [5.41, 5.74) is 1.87. The predicted octanol–water partition coefficient (Wildman–Crippen LogP) is 1.61. The Hall–Kier alpha value is -3.20. The molecule has 2 saturated heterocycles. The fraction of sp³-hybridized carbons (Fsp3) is 0.524. The largest absolute Gasteiger partial charge is 0.467 e. The number of hydrogen-bond acceptors (Lipinski definition) is 9. The molecule has 2 atom stereocenters. The molecule has 11 heteroatoms. The molecule has 2 unspecified atom stereocenters. The van der Waals surface area contributed by atoms with Crippen LogP contribution in [0.3, 0.4) is 0 Å². The summed E-state index contributed by atoms with van der Waals surface area (Å²) in [7, 11) is 0. The van der Waals surface area contributed by atoms with Crippen molar-refractivity contribution in [1.29, 1.82) is 5.26 Å². The summed E-state index contributed by atoms with van der Waals surface area (Å²) in [5.74, 6) is 1.04. The van der Waals surface area contributed by atoms with E-state index in [1.807, 2.05) is 10.6 Å². The van der Waals surface area contributed by atoms with Gasteiger partial charge in [0.05, 0.1) is 39.2 Å². The lowest BCUT2D eigenvalue weighted by molar-refractivity contribution is -0.0812. The van der Waals surface area contributed by atoms with Crippen LogP contribution in [0.1, 0.15) is 25.1 Å². The molecule has 3 aromatic heterocycles. The molecule has 0 aromatic carbocycles. The third-order valence-corrected chi connectivity index (χ3v) is 5.81. The number of rotatable bonds is 7. The zero-order valence-electron chi connectivity index (χ0n) is 17.8. The molecule has 168 valence electrons. The van der Waals surface area contributed by atoms with Gasteiger partial charge in [0.2, 0.25) is 5.95 Å². The molecule has 0 spiro atoms. The van der Waals surface area contributed by atoms with Crippen LogP contribution >= 0.6 is 0 Å². The number of ether oxygens (including phenoxy) is 3. The first-order valence-electron chi connectivity index (χ1n) is 10.7. The van der Waals surface area contributed by atoms with Gasteiger partial charge in [-0.05, 0) is 12.5 Å². The highest BCUT2D eigenvalue weighted by Crippen LogP contribution is 2.33. The van der Waals surface area contributed by atoms with E-state index >= 15 is 0 Å². The molecule has 0 radical (unpaired) electrons. The van der Waals surface area contributed by atoms with Crippen molar-refractivity contribution in [1.82, 2.24) is 24.3 Å². The van der Waals surface area contributed by atoms with Gasteiger partial charge in [0, 0.05) is 30.1 Å². The first kappa shape index (κ1) is 20.7. The zero-order chi connectivity index (χ0) is 22.1. The molecule has 2 aliphatic heterocycles. The second kappa shape index (κ2) is 8.74. The van der Waals surface area contributed by atoms with Gasteiger partial charge in [0.1, 0.15) is 29.2 Å². The lowest BCUT2D eigenvalue weighted by atomic mass is 9.97. The number of nitrogens with one attached hydrogen (secondary N) is 1. The van der Waals surface area contributed by atoms with E-state index in [4.69, 9.17) is 19.2 Å². The predicted molar refractivity (Wildman–Crippen MR) is 114 cm³/mol. The lowest BCUT2D eigenvalue weighted by Gasteiger charge is -2.31. The monoisotopic (exact) mass is 439 g/mol. The highest BCUT2D eigenvalue weighted by Gasteiger charge is 2.28. The van der Waals surface area contributed by atoms with Crippen molar-refractivity contribution in [2.45, 2.75) is 32.0 Å². The highest BCUT2D eigenvalue weighted by molar-refractivity contribution is 5.79. The summed E-state index contributed by atoms with van der Waals surface area (Å²) in [4.78, 5) is 9.17. The number of nitriles is 1. The van der Waals surface area contributed by atoms with E-state index < -0.39 is 0 Å². The van der Waals surface area contributed by atoms with Crippen molar-refractivity contribution in [3.63, 3.8) is 0 Å². The number of anilines is 2. The maximum Gasteiger partial charge on any atom is 0.257 e. The standard InChI is InChI=1S/C21H25N7O4/c1-13-10-30-5-2-18(13)28-15(7-22)6-14-8-23-21(25-19(14)28)24-17-9-27(3-4-29)26-20(17)32-16-11-31-12-16/h6,8-9,13,16,18,29H,2-5,10-12H2,1H3,(H,23,24,25). The number of aliphatic hydroxyl groups is 1. The second-order valence-corrected chi connectivity index (χ2v) is 8.13. The summed E-state index contributed by atoms with van der Waals surface area (Å²) >= 11 is 0. The van der Waals surface area contributed by atoms with Gasteiger partial charge in [0.15, 0.2) is 0 Å². The Morgan fingerprint density at radius 1 is 1.34 bits per heavy atom. The molecule has 2 N–H and O–H groups in total. The molecule has 0 bridgehead atoms. The molecule has 2 fully saturated rings. The Balaban J connectivity index is 1.49. The fourth-order valence-electron chi connectivity index (χ4n) is 4.10. The smallest absolute Gasteiger partial charge is 0.257 e. The van der Waals surface area contributed by atoms with Crippen LogP contribution < -0.4 is 10.1 Å². The van der Waals surface area contributed by atoms with E-state index in [-0.39, 0.29) is 24.7 Å². The summed E-state index contributed by atoms with van der Waals surface area (Å²) in [6.07, 6.45) is 4.23. The molecule has 11 nitrogen and oxygen atoms in total. The van der Waals surface area contributed by atoms with Crippen molar-refractivity contribution in [2.75, 3.05) is 38.4 Å². The van der Waals surface area contributed by atoms with Gasteiger partial charge >= 0.3 is 0 Å². The van der Waals surface area contributed by atoms with E-state index in [1.54, 1.807) is 17.1 Å². The zero-order valence-corrected chi connectivity index (χ0v) is 17.8. The van der Waals surface area contributed by atoms with Gasteiger partial charge in [-0.25, -0.2) is 4.98 Å². The third-order valence-electron chi connectivity index (χ3n) is 5.81. The Morgan fingerprint density at radius 2 is 2.22 bits per heavy atom. The summed E-state index contributed by atoms with van der Waals surface area (Å²) in [6.45, 7) is 4.77. The van der Waals surface area contributed by atoms with Crippen molar-refractivity contribution in [3.05, 3.63) is 24.2 Å². The average molecular weight is 439 g/mol. The van der Waals surface area contributed by atoms with Crippen LogP contribution in [0.25, 0.3) is 11.0 Å². The van der Waals surface area contributed by atoms with E-state index in [9.17, 15) is 10.4 Å². The van der Waals surface area contributed by atoms with Gasteiger partial charge < -0.3 is 29.2 Å². The van der Waals surface area contributed by atoms with Crippen LogP contribution in [0.5, 0.6) is 5.88 Å². The van der Waals surface area contributed by atoms with Crippen LogP contribution in [0.4, 0.5) is 11.6 Å². The van der Waals surface area contributed by atoms with E-state index in [2.05, 4.69) is 28.4 Å². The third kappa shape index (κ3) is 3.88. The molecule has 32 heavy (non-hydrogen) atoms. The van der Waals surface area contributed by atoms with Gasteiger partial charge in [-0.15, -0.1) is 5.10 Å². The van der Waals surface area contributed by atoms with Crippen LogP contribution in [0.2, 0.25) is 0 Å². The maximum absolute atomic E-state index is 9.72. The summed E-state index contributed by atoms with van der Waals surface area (Å²) in [6, 6.07) is 4.25. The van der Waals surface area contributed by atoms with Crippen molar-refractivity contribution < 1.29 is 19.3 Å². The number of fused-ring (bicyclic) bond motifs is 1. The van der Waals surface area contributed by atoms with Gasteiger partial charge in [-0.2, -0.15) is 10.2 Å². The molecular formula is C21H25N7O4. The number of aromatic nitrogens is 5. The second-order valence-electron chi connectivity index (χ2n) is 8.13. The van der Waals surface area contributed by atoms with Crippen molar-refractivity contribution in [3.8, 4) is 11.9 Å². The Bertz CT molecular complexity index is 1150. The minimum Gasteiger partial charge on any atom is -0.467 e. The van der Waals surface area contributed by atoms with E-state index in [0.717, 1.165) is 11.8 Å². The van der Waals surface area contributed by atoms with Crippen molar-refractivity contribution in [2.24, 2.45) is 5.92 Å². The first-order valence-corrected chi connectivity index (χ1v) is 10.7. The molecule has 3 aromatic rings. The van der Waals surface area contributed by atoms with E-state index in [0.29, 0.717) is 61.8 Å². The molecule has 5 heterocycles. The minimum absolute atomic E-state index is 0.0384. The SMILES string of the molecule is CC1COCCC1n1c(C#N)cc2cnc(Nc3cn(CCO)nc3OC3COC3)nc21.